The molecule has 5 rings (SSSR count). The van der Waals surface area contributed by atoms with E-state index >= 15 is 0 Å². The summed E-state index contributed by atoms with van der Waals surface area (Å²) in [6, 6.07) is 20.9. The number of aromatic nitrogens is 1. The van der Waals surface area contributed by atoms with Crippen molar-refractivity contribution in [3.05, 3.63) is 95.2 Å². The first kappa shape index (κ1) is 24.0. The maximum Gasteiger partial charge on any atom is 0.317 e. The van der Waals surface area contributed by atoms with Crippen LogP contribution in [0.4, 0.5) is 13.6 Å². The van der Waals surface area contributed by atoms with Gasteiger partial charge in [-0.15, -0.1) is 0 Å². The molecule has 2 unspecified atom stereocenters. The van der Waals surface area contributed by atoms with Gasteiger partial charge >= 0.3 is 6.03 Å². The summed E-state index contributed by atoms with van der Waals surface area (Å²) < 4.78 is 32.5. The van der Waals surface area contributed by atoms with Crippen molar-refractivity contribution < 1.29 is 18.3 Å². The second-order valence-corrected chi connectivity index (χ2v) is 9.55. The molecule has 2 fully saturated rings. The zero-order chi connectivity index (χ0) is 25.1. The van der Waals surface area contributed by atoms with E-state index in [1.54, 1.807) is 6.07 Å². The van der Waals surface area contributed by atoms with Crippen molar-refractivity contribution in [3.8, 4) is 11.6 Å². The minimum absolute atomic E-state index is 0.0206. The predicted octanol–water partition coefficient (Wildman–Crippen LogP) is 6.73. The predicted molar refractivity (Wildman–Crippen MR) is 135 cm³/mol. The summed E-state index contributed by atoms with van der Waals surface area (Å²) in [7, 11) is 0. The van der Waals surface area contributed by atoms with E-state index in [-0.39, 0.29) is 23.5 Å². The number of carbonyl (C=O) groups is 1. The molecule has 0 radical (unpaired) electrons. The van der Waals surface area contributed by atoms with Gasteiger partial charge in [0.1, 0.15) is 5.75 Å². The number of hydrogen-bond donors (Lipinski definition) is 1. The summed E-state index contributed by atoms with van der Waals surface area (Å²) in [6.45, 7) is 2.22. The number of urea groups is 1. The van der Waals surface area contributed by atoms with Crippen LogP contribution in [0.15, 0.2) is 78.5 Å². The highest BCUT2D eigenvalue weighted by Crippen LogP contribution is 2.40. The molecule has 1 saturated heterocycles. The number of nitrogens with zero attached hydrogens (tertiary/aromatic N) is 2. The minimum Gasteiger partial charge on any atom is -0.439 e. The standard InChI is InChI=1S/C29H29F2N3O2/c1-29(30,31)23-10-11-27(32-19-23)36-24-9-5-6-21(17-24)16-20-12-14-34(15-13-20)28(35)33-26-18-25(26)22-7-3-2-4-8-22/h2-11,16-17,19,25-26H,12-15,18H2,1H3,(H,33,35). The minimum atomic E-state index is -2.93. The molecule has 1 saturated carbocycles. The van der Waals surface area contributed by atoms with Crippen LogP contribution in [0.25, 0.3) is 6.08 Å². The van der Waals surface area contributed by atoms with Crippen LogP contribution in [0.5, 0.6) is 11.6 Å². The van der Waals surface area contributed by atoms with Gasteiger partial charge in [-0.05, 0) is 48.6 Å². The van der Waals surface area contributed by atoms with Crippen LogP contribution >= 0.6 is 0 Å². The third-order valence-electron chi connectivity index (χ3n) is 6.71. The molecule has 1 N–H and O–H groups in total. The molecule has 186 valence electrons. The highest BCUT2D eigenvalue weighted by atomic mass is 19.3. The molecule has 7 heteroatoms. The molecule has 0 spiro atoms. The summed E-state index contributed by atoms with van der Waals surface area (Å²) in [5, 5.41) is 3.18. The van der Waals surface area contributed by atoms with Gasteiger partial charge in [-0.25, -0.2) is 18.6 Å². The van der Waals surface area contributed by atoms with Crippen molar-refractivity contribution in [3.63, 3.8) is 0 Å². The van der Waals surface area contributed by atoms with Crippen LogP contribution < -0.4 is 10.1 Å². The maximum atomic E-state index is 13.4. The summed E-state index contributed by atoms with van der Waals surface area (Å²) >= 11 is 0. The molecule has 2 aromatic carbocycles. The molecule has 2 heterocycles. The van der Waals surface area contributed by atoms with E-state index in [1.165, 1.54) is 23.3 Å². The lowest BCUT2D eigenvalue weighted by molar-refractivity contribution is 0.0170. The fourth-order valence-electron chi connectivity index (χ4n) is 4.54. The van der Waals surface area contributed by atoms with E-state index in [2.05, 4.69) is 28.5 Å². The molecule has 1 aliphatic heterocycles. The Morgan fingerprint density at radius 3 is 2.56 bits per heavy atom. The zero-order valence-electron chi connectivity index (χ0n) is 20.2. The van der Waals surface area contributed by atoms with Crippen LogP contribution in [-0.2, 0) is 5.92 Å². The Balaban J connectivity index is 1.13. The number of likely N-dealkylation sites (tertiary alicyclic amines) is 1. The lowest BCUT2D eigenvalue weighted by Gasteiger charge is -2.28. The molecule has 2 atom stereocenters. The van der Waals surface area contributed by atoms with Crippen molar-refractivity contribution >= 4 is 12.1 Å². The van der Waals surface area contributed by atoms with Gasteiger partial charge in [0.25, 0.3) is 5.92 Å². The van der Waals surface area contributed by atoms with Crippen LogP contribution in [0.3, 0.4) is 0 Å². The first-order valence-corrected chi connectivity index (χ1v) is 12.3. The molecule has 36 heavy (non-hydrogen) atoms. The van der Waals surface area contributed by atoms with E-state index in [0.717, 1.165) is 37.9 Å². The smallest absolute Gasteiger partial charge is 0.317 e. The molecule has 2 aliphatic rings. The molecule has 1 aliphatic carbocycles. The van der Waals surface area contributed by atoms with Crippen molar-refractivity contribution in [1.82, 2.24) is 15.2 Å². The first-order chi connectivity index (χ1) is 17.3. The number of alkyl halides is 2. The van der Waals surface area contributed by atoms with E-state index < -0.39 is 5.92 Å². The third kappa shape index (κ3) is 5.90. The average Bonchev–Trinajstić information content (AvgIpc) is 3.64. The van der Waals surface area contributed by atoms with Gasteiger partial charge in [-0.3, -0.25) is 0 Å². The Labute approximate surface area is 209 Å². The van der Waals surface area contributed by atoms with Crippen LogP contribution in [0.2, 0.25) is 0 Å². The largest absolute Gasteiger partial charge is 0.439 e. The van der Waals surface area contributed by atoms with Crippen molar-refractivity contribution in [1.29, 1.82) is 0 Å². The fraction of sp³-hybridized carbons (Fsp3) is 0.310. The second kappa shape index (κ2) is 10.1. The Morgan fingerprint density at radius 2 is 1.86 bits per heavy atom. The van der Waals surface area contributed by atoms with Gasteiger partial charge in [-0.2, -0.15) is 0 Å². The molecule has 2 amide bonds. The highest BCUT2D eigenvalue weighted by Gasteiger charge is 2.40. The Morgan fingerprint density at radius 1 is 1.08 bits per heavy atom. The molecule has 3 aromatic rings. The molecule has 5 nitrogen and oxygen atoms in total. The van der Waals surface area contributed by atoms with Gasteiger partial charge in [0.2, 0.25) is 5.88 Å². The van der Waals surface area contributed by atoms with E-state index in [4.69, 9.17) is 4.74 Å². The maximum absolute atomic E-state index is 13.4. The number of amides is 2. The number of rotatable bonds is 6. The normalized spacial score (nSPS) is 19.5. The van der Waals surface area contributed by atoms with Crippen LogP contribution in [0, 0.1) is 0 Å². The van der Waals surface area contributed by atoms with Gasteiger partial charge in [0.05, 0.1) is 0 Å². The second-order valence-electron chi connectivity index (χ2n) is 9.55. The SMILES string of the molecule is CC(F)(F)c1ccc(Oc2cccc(C=C3CCN(C(=O)NC4CC4c4ccccc4)CC3)c2)nc1. The number of nitrogens with one attached hydrogen (secondary N) is 1. The number of piperidine rings is 1. The summed E-state index contributed by atoms with van der Waals surface area (Å²) in [5.41, 5.74) is 3.40. The number of pyridine rings is 1. The average molecular weight is 490 g/mol. The molecular weight excluding hydrogens is 460 g/mol. The Bertz CT molecular complexity index is 1230. The fourth-order valence-corrected chi connectivity index (χ4v) is 4.54. The van der Waals surface area contributed by atoms with Gasteiger partial charge in [-0.1, -0.05) is 54.1 Å². The van der Waals surface area contributed by atoms with Crippen molar-refractivity contribution in [2.45, 2.75) is 44.1 Å². The summed E-state index contributed by atoms with van der Waals surface area (Å²) in [4.78, 5) is 18.6. The van der Waals surface area contributed by atoms with Crippen molar-refractivity contribution in [2.24, 2.45) is 0 Å². The molecule has 0 bridgehead atoms. The van der Waals surface area contributed by atoms with Crippen LogP contribution in [-0.4, -0.2) is 35.0 Å². The lowest BCUT2D eigenvalue weighted by atomic mass is 10.0. The van der Waals surface area contributed by atoms with Gasteiger partial charge < -0.3 is 15.0 Å². The first-order valence-electron chi connectivity index (χ1n) is 12.3. The highest BCUT2D eigenvalue weighted by molar-refractivity contribution is 5.75. The topological polar surface area (TPSA) is 54.5 Å². The summed E-state index contributed by atoms with van der Waals surface area (Å²) in [6.07, 6.45) is 5.90. The van der Waals surface area contributed by atoms with E-state index in [9.17, 15) is 13.6 Å². The number of hydrogen-bond acceptors (Lipinski definition) is 3. The number of halogens is 2. The summed E-state index contributed by atoms with van der Waals surface area (Å²) in [5.74, 6) is -1.67. The Kier molecular flexibility index (Phi) is 6.72. The van der Waals surface area contributed by atoms with E-state index in [1.807, 2.05) is 41.3 Å². The molecule has 1 aromatic heterocycles. The monoisotopic (exact) mass is 489 g/mol. The number of carbonyl (C=O) groups excluding carboxylic acids is 1. The zero-order valence-corrected chi connectivity index (χ0v) is 20.2. The number of ether oxygens (including phenoxy) is 1. The van der Waals surface area contributed by atoms with Gasteiger partial charge in [0.15, 0.2) is 0 Å². The van der Waals surface area contributed by atoms with Crippen LogP contribution in [0.1, 0.15) is 48.8 Å². The van der Waals surface area contributed by atoms with E-state index in [0.29, 0.717) is 24.8 Å². The van der Waals surface area contributed by atoms with Crippen molar-refractivity contribution in [2.75, 3.05) is 13.1 Å². The quantitative estimate of drug-likeness (QED) is 0.418. The lowest BCUT2D eigenvalue weighted by Crippen LogP contribution is -2.44. The Hall–Kier alpha value is -3.74. The third-order valence-corrected chi connectivity index (χ3v) is 6.71. The number of benzene rings is 2. The molecular formula is C29H29F2N3O2. The van der Waals surface area contributed by atoms with Gasteiger partial charge in [0, 0.05) is 49.8 Å².